The lowest BCUT2D eigenvalue weighted by atomic mass is 10.1. The number of carbonyl (C=O) groups excluding carboxylic acids is 1. The number of benzene rings is 1. The van der Waals surface area contributed by atoms with Crippen LogP contribution in [-0.4, -0.2) is 13.1 Å². The van der Waals surface area contributed by atoms with Crippen LogP contribution < -0.4 is 14.8 Å². The normalized spacial score (nSPS) is 11.8. The first-order valence-corrected chi connectivity index (χ1v) is 5.23. The van der Waals surface area contributed by atoms with E-state index in [1.165, 1.54) is 14.0 Å². The minimum Gasteiger partial charge on any atom is -0.493 e. The first-order valence-electron chi connectivity index (χ1n) is 4.92. The molecule has 0 radical (unpaired) electrons. The van der Waals surface area contributed by atoms with Crippen molar-refractivity contribution in [1.82, 2.24) is 0 Å². The summed E-state index contributed by atoms with van der Waals surface area (Å²) in [5.41, 5.74) is 6.87. The van der Waals surface area contributed by atoms with Gasteiger partial charge in [-0.15, -0.1) is 0 Å². The summed E-state index contributed by atoms with van der Waals surface area (Å²) in [6.07, 6.45) is -0.482. The number of methoxy groups -OCH3 is 1. The fourth-order valence-corrected chi connectivity index (χ4v) is 1.60. The van der Waals surface area contributed by atoms with Gasteiger partial charge in [-0.2, -0.15) is 0 Å². The van der Waals surface area contributed by atoms with Gasteiger partial charge in [-0.05, 0) is 13.0 Å². The Balaban J connectivity index is 3.11. The molecule has 1 unspecified atom stereocenters. The van der Waals surface area contributed by atoms with Gasteiger partial charge in [-0.3, -0.25) is 4.79 Å². The van der Waals surface area contributed by atoms with Gasteiger partial charge in [-0.25, -0.2) is 0 Å². The lowest BCUT2D eigenvalue weighted by molar-refractivity contribution is -0.145. The van der Waals surface area contributed by atoms with Gasteiger partial charge in [0.15, 0.2) is 11.5 Å². The topological polar surface area (TPSA) is 70.8 Å². The SMILES string of the molecule is COc1cc(N)c(C(C)OC(C)=O)cc1OCl. The predicted octanol–water partition coefficient (Wildman–Crippen LogP) is 2.43. The molecule has 1 rings (SSSR count). The van der Waals surface area contributed by atoms with Gasteiger partial charge >= 0.3 is 5.97 Å². The van der Waals surface area contributed by atoms with Crippen LogP contribution in [0.2, 0.25) is 0 Å². The van der Waals surface area contributed by atoms with Gasteiger partial charge < -0.3 is 19.5 Å². The summed E-state index contributed by atoms with van der Waals surface area (Å²) in [4.78, 5) is 10.9. The Morgan fingerprint density at radius 3 is 2.53 bits per heavy atom. The highest BCUT2D eigenvalue weighted by Gasteiger charge is 2.16. The Kier molecular flexibility index (Phi) is 4.45. The summed E-state index contributed by atoms with van der Waals surface area (Å²) in [6, 6.07) is 3.14. The van der Waals surface area contributed by atoms with Crippen molar-refractivity contribution in [2.75, 3.05) is 12.8 Å². The van der Waals surface area contributed by atoms with Gasteiger partial charge in [0.2, 0.25) is 0 Å². The number of carbonyl (C=O) groups is 1. The van der Waals surface area contributed by atoms with Crippen LogP contribution in [0.15, 0.2) is 12.1 Å². The molecule has 0 amide bonds. The molecule has 1 aromatic rings. The van der Waals surface area contributed by atoms with E-state index in [0.717, 1.165) is 0 Å². The van der Waals surface area contributed by atoms with Crippen LogP contribution in [-0.2, 0) is 9.53 Å². The number of esters is 1. The molecule has 0 bridgehead atoms. The Labute approximate surface area is 105 Å². The van der Waals surface area contributed by atoms with Crippen LogP contribution in [0.3, 0.4) is 0 Å². The van der Waals surface area contributed by atoms with Crippen molar-refractivity contribution >= 4 is 23.5 Å². The molecule has 5 nitrogen and oxygen atoms in total. The molecular formula is C11H14ClNO4. The van der Waals surface area contributed by atoms with Gasteiger partial charge in [-0.1, -0.05) is 0 Å². The number of ether oxygens (including phenoxy) is 2. The maximum atomic E-state index is 10.9. The molecule has 0 saturated heterocycles. The quantitative estimate of drug-likeness (QED) is 0.664. The minimum absolute atomic E-state index is 0.317. The van der Waals surface area contributed by atoms with Crippen LogP contribution in [0.5, 0.6) is 11.5 Å². The number of hydrogen-bond acceptors (Lipinski definition) is 5. The fourth-order valence-electron chi connectivity index (χ4n) is 1.48. The zero-order valence-electron chi connectivity index (χ0n) is 9.82. The van der Waals surface area contributed by atoms with Crippen molar-refractivity contribution in [1.29, 1.82) is 0 Å². The zero-order valence-corrected chi connectivity index (χ0v) is 10.6. The molecule has 0 aromatic heterocycles. The van der Waals surface area contributed by atoms with Gasteiger partial charge in [0.1, 0.15) is 18.0 Å². The van der Waals surface area contributed by atoms with E-state index in [1.807, 2.05) is 0 Å². The molecular weight excluding hydrogens is 246 g/mol. The Morgan fingerprint density at radius 1 is 1.41 bits per heavy atom. The van der Waals surface area contributed by atoms with E-state index in [9.17, 15) is 4.79 Å². The first kappa shape index (κ1) is 13.4. The van der Waals surface area contributed by atoms with Gasteiger partial charge in [0, 0.05) is 24.2 Å². The van der Waals surface area contributed by atoms with Gasteiger partial charge in [0.05, 0.1) is 7.11 Å². The number of nitrogen functional groups attached to an aromatic ring is 1. The van der Waals surface area contributed by atoms with Crippen LogP contribution >= 0.6 is 11.9 Å². The third-order valence-electron chi connectivity index (χ3n) is 2.23. The third-order valence-corrected chi connectivity index (χ3v) is 2.40. The summed E-state index contributed by atoms with van der Waals surface area (Å²) in [6.45, 7) is 3.03. The smallest absolute Gasteiger partial charge is 0.303 e. The Hall–Kier alpha value is -1.62. The molecule has 1 aromatic carbocycles. The van der Waals surface area contributed by atoms with E-state index < -0.39 is 6.10 Å². The van der Waals surface area contributed by atoms with Gasteiger partial charge in [0.25, 0.3) is 0 Å². The molecule has 94 valence electrons. The van der Waals surface area contributed by atoms with Crippen molar-refractivity contribution in [3.05, 3.63) is 17.7 Å². The summed E-state index contributed by atoms with van der Waals surface area (Å²) in [5.74, 6) is 0.342. The summed E-state index contributed by atoms with van der Waals surface area (Å²) in [5, 5.41) is 0. The predicted molar refractivity (Wildman–Crippen MR) is 64.1 cm³/mol. The van der Waals surface area contributed by atoms with Crippen LogP contribution in [0, 0.1) is 0 Å². The van der Waals surface area contributed by atoms with E-state index in [1.54, 1.807) is 19.1 Å². The lowest BCUT2D eigenvalue weighted by Crippen LogP contribution is -2.07. The molecule has 0 aliphatic rings. The molecule has 0 fully saturated rings. The summed E-state index contributed by atoms with van der Waals surface area (Å²) in [7, 11) is 1.48. The van der Waals surface area contributed by atoms with Crippen molar-refractivity contribution in [3.63, 3.8) is 0 Å². The largest absolute Gasteiger partial charge is 0.493 e. The second-order valence-corrected chi connectivity index (χ2v) is 3.62. The van der Waals surface area contributed by atoms with Crippen molar-refractivity contribution in [3.8, 4) is 11.5 Å². The van der Waals surface area contributed by atoms with Crippen molar-refractivity contribution in [2.24, 2.45) is 0 Å². The number of halogens is 1. The molecule has 0 saturated carbocycles. The van der Waals surface area contributed by atoms with E-state index in [4.69, 9.17) is 27.1 Å². The molecule has 0 aliphatic carbocycles. The standard InChI is InChI=1S/C11H14ClNO4/c1-6(16-7(2)14)8-4-11(17-12)10(15-3)5-9(8)13/h4-6H,13H2,1-3H3. The van der Waals surface area contributed by atoms with Crippen LogP contribution in [0.25, 0.3) is 0 Å². The van der Waals surface area contributed by atoms with Crippen molar-refractivity contribution < 1.29 is 18.6 Å². The minimum atomic E-state index is -0.482. The zero-order chi connectivity index (χ0) is 13.0. The highest BCUT2D eigenvalue weighted by molar-refractivity contribution is 6.09. The summed E-state index contributed by atoms with van der Waals surface area (Å²) < 4.78 is 14.7. The van der Waals surface area contributed by atoms with E-state index in [0.29, 0.717) is 22.7 Å². The highest BCUT2D eigenvalue weighted by atomic mass is 35.5. The second-order valence-electron chi connectivity index (χ2n) is 3.46. The van der Waals surface area contributed by atoms with E-state index in [2.05, 4.69) is 4.29 Å². The summed E-state index contributed by atoms with van der Waals surface area (Å²) >= 11 is 5.32. The number of hydrogen-bond donors (Lipinski definition) is 1. The monoisotopic (exact) mass is 259 g/mol. The second kappa shape index (κ2) is 5.63. The first-order chi connectivity index (χ1) is 7.99. The average Bonchev–Trinajstić information content (AvgIpc) is 2.27. The number of rotatable bonds is 4. The molecule has 17 heavy (non-hydrogen) atoms. The van der Waals surface area contributed by atoms with E-state index >= 15 is 0 Å². The van der Waals surface area contributed by atoms with E-state index in [-0.39, 0.29) is 5.97 Å². The highest BCUT2D eigenvalue weighted by Crippen LogP contribution is 2.36. The third kappa shape index (κ3) is 3.17. The molecule has 2 N–H and O–H groups in total. The maximum Gasteiger partial charge on any atom is 0.303 e. The fraction of sp³-hybridized carbons (Fsp3) is 0.364. The molecule has 0 heterocycles. The maximum absolute atomic E-state index is 10.9. The number of anilines is 1. The average molecular weight is 260 g/mol. The molecule has 6 heteroatoms. The molecule has 0 spiro atoms. The van der Waals surface area contributed by atoms with Crippen LogP contribution in [0.4, 0.5) is 5.69 Å². The Morgan fingerprint density at radius 2 is 2.06 bits per heavy atom. The molecule has 0 aliphatic heterocycles. The van der Waals surface area contributed by atoms with Crippen molar-refractivity contribution in [2.45, 2.75) is 20.0 Å². The lowest BCUT2D eigenvalue weighted by Gasteiger charge is -2.16. The number of nitrogens with two attached hydrogens (primary N) is 1. The van der Waals surface area contributed by atoms with Crippen LogP contribution in [0.1, 0.15) is 25.5 Å². The molecule has 1 atom stereocenters. The Bertz CT molecular complexity index is 422.